The van der Waals surface area contributed by atoms with Crippen LogP contribution in [0, 0.1) is 0 Å². The van der Waals surface area contributed by atoms with Crippen molar-refractivity contribution in [3.8, 4) is 5.75 Å². The third kappa shape index (κ3) is 5.21. The number of ether oxygens (including phenoxy) is 1. The standard InChI is InChI=1S/C17H26N2O4S/c1-13(2)23-15-8-6-14(7-9-15)10-11-18-17(20)16-5-4-12-19(16)24(3,21)22/h6-9,13,16H,4-5,10-12H2,1-3H3,(H,18,20). The summed E-state index contributed by atoms with van der Waals surface area (Å²) in [6.07, 6.45) is 3.29. The zero-order chi connectivity index (χ0) is 17.7. The monoisotopic (exact) mass is 354 g/mol. The lowest BCUT2D eigenvalue weighted by molar-refractivity contribution is -0.124. The highest BCUT2D eigenvalue weighted by Gasteiger charge is 2.36. The molecule has 24 heavy (non-hydrogen) atoms. The van der Waals surface area contributed by atoms with Crippen LogP contribution < -0.4 is 10.1 Å². The molecule has 1 aromatic carbocycles. The largest absolute Gasteiger partial charge is 0.491 e. The molecule has 2 rings (SSSR count). The molecule has 1 N–H and O–H groups in total. The van der Waals surface area contributed by atoms with Gasteiger partial charge in [-0.05, 0) is 50.8 Å². The topological polar surface area (TPSA) is 75.7 Å². The van der Waals surface area contributed by atoms with E-state index in [2.05, 4.69) is 5.32 Å². The Hall–Kier alpha value is -1.60. The molecule has 1 heterocycles. The van der Waals surface area contributed by atoms with Crippen LogP contribution in [0.25, 0.3) is 0 Å². The molecule has 0 saturated carbocycles. The van der Waals surface area contributed by atoms with Crippen LogP contribution in [0.4, 0.5) is 0 Å². The van der Waals surface area contributed by atoms with Gasteiger partial charge in [-0.25, -0.2) is 8.42 Å². The highest BCUT2D eigenvalue weighted by atomic mass is 32.2. The lowest BCUT2D eigenvalue weighted by Gasteiger charge is -2.21. The second-order valence-electron chi connectivity index (χ2n) is 6.38. The maximum atomic E-state index is 12.2. The van der Waals surface area contributed by atoms with E-state index in [9.17, 15) is 13.2 Å². The van der Waals surface area contributed by atoms with Crippen molar-refractivity contribution in [1.82, 2.24) is 9.62 Å². The van der Waals surface area contributed by atoms with E-state index >= 15 is 0 Å². The molecular weight excluding hydrogens is 328 g/mol. The van der Waals surface area contributed by atoms with Gasteiger partial charge in [-0.15, -0.1) is 0 Å². The number of nitrogens with zero attached hydrogens (tertiary/aromatic N) is 1. The lowest BCUT2D eigenvalue weighted by atomic mass is 10.1. The Balaban J connectivity index is 1.82. The van der Waals surface area contributed by atoms with E-state index in [0.29, 0.717) is 25.9 Å². The van der Waals surface area contributed by atoms with Gasteiger partial charge in [0.25, 0.3) is 0 Å². The quantitative estimate of drug-likeness (QED) is 0.806. The summed E-state index contributed by atoms with van der Waals surface area (Å²) in [7, 11) is -3.33. The molecule has 1 unspecified atom stereocenters. The number of carbonyl (C=O) groups excluding carboxylic acids is 1. The number of sulfonamides is 1. The predicted octanol–water partition coefficient (Wildman–Crippen LogP) is 1.56. The van der Waals surface area contributed by atoms with Gasteiger partial charge in [-0.3, -0.25) is 4.79 Å². The summed E-state index contributed by atoms with van der Waals surface area (Å²) >= 11 is 0. The molecule has 0 aliphatic carbocycles. The van der Waals surface area contributed by atoms with Gasteiger partial charge in [0, 0.05) is 13.1 Å². The van der Waals surface area contributed by atoms with E-state index in [1.54, 1.807) is 0 Å². The van der Waals surface area contributed by atoms with Gasteiger partial charge >= 0.3 is 0 Å². The third-order valence-corrected chi connectivity index (χ3v) is 5.23. The Labute approximate surface area is 144 Å². The van der Waals surface area contributed by atoms with E-state index < -0.39 is 16.1 Å². The van der Waals surface area contributed by atoms with Gasteiger partial charge in [0.15, 0.2) is 0 Å². The van der Waals surface area contributed by atoms with Crippen LogP contribution in [0.5, 0.6) is 5.75 Å². The fourth-order valence-corrected chi connectivity index (χ4v) is 3.98. The number of amides is 1. The highest BCUT2D eigenvalue weighted by Crippen LogP contribution is 2.20. The number of rotatable bonds is 7. The Morgan fingerprint density at radius 3 is 2.58 bits per heavy atom. The SMILES string of the molecule is CC(C)Oc1ccc(CCNC(=O)C2CCCN2S(C)(=O)=O)cc1. The number of benzene rings is 1. The number of nitrogens with one attached hydrogen (secondary N) is 1. The summed E-state index contributed by atoms with van der Waals surface area (Å²) in [6.45, 7) is 4.87. The van der Waals surface area contributed by atoms with E-state index in [1.807, 2.05) is 38.1 Å². The van der Waals surface area contributed by atoms with Crippen molar-refractivity contribution in [3.05, 3.63) is 29.8 Å². The molecule has 134 valence electrons. The molecule has 0 radical (unpaired) electrons. The summed E-state index contributed by atoms with van der Waals surface area (Å²) in [5.41, 5.74) is 1.10. The number of carbonyl (C=O) groups is 1. The predicted molar refractivity (Wildman–Crippen MR) is 93.5 cm³/mol. The highest BCUT2D eigenvalue weighted by molar-refractivity contribution is 7.88. The summed E-state index contributed by atoms with van der Waals surface area (Å²) in [4.78, 5) is 12.2. The van der Waals surface area contributed by atoms with Crippen LogP contribution in [0.15, 0.2) is 24.3 Å². The molecule has 0 aromatic heterocycles. The second-order valence-corrected chi connectivity index (χ2v) is 8.32. The van der Waals surface area contributed by atoms with Crippen LogP contribution in [0.2, 0.25) is 0 Å². The van der Waals surface area contributed by atoms with Crippen LogP contribution in [-0.2, 0) is 21.2 Å². The van der Waals surface area contributed by atoms with Crippen LogP contribution in [0.3, 0.4) is 0 Å². The molecule has 1 amide bonds. The maximum Gasteiger partial charge on any atom is 0.238 e. The molecule has 7 heteroatoms. The fourth-order valence-electron chi connectivity index (χ4n) is 2.85. The van der Waals surface area contributed by atoms with Crippen molar-refractivity contribution in [3.63, 3.8) is 0 Å². The molecule has 6 nitrogen and oxygen atoms in total. The van der Waals surface area contributed by atoms with Gasteiger partial charge in [0.2, 0.25) is 15.9 Å². The molecule has 0 spiro atoms. The lowest BCUT2D eigenvalue weighted by Crippen LogP contribution is -2.45. The smallest absolute Gasteiger partial charge is 0.238 e. The molecule has 0 bridgehead atoms. The Bertz CT molecular complexity index is 656. The van der Waals surface area contributed by atoms with Crippen LogP contribution in [0.1, 0.15) is 32.3 Å². The van der Waals surface area contributed by atoms with Crippen LogP contribution in [-0.4, -0.2) is 50.1 Å². The molecule has 1 saturated heterocycles. The Morgan fingerprint density at radius 1 is 1.33 bits per heavy atom. The van der Waals surface area contributed by atoms with Gasteiger partial charge in [0.1, 0.15) is 11.8 Å². The van der Waals surface area contributed by atoms with Crippen molar-refractivity contribution in [1.29, 1.82) is 0 Å². The van der Waals surface area contributed by atoms with Gasteiger partial charge in [0.05, 0.1) is 12.4 Å². The molecule has 1 aliphatic rings. The molecule has 1 aliphatic heterocycles. The normalized spacial score (nSPS) is 18.8. The first-order valence-electron chi connectivity index (χ1n) is 8.27. The molecule has 1 aromatic rings. The molecular formula is C17H26N2O4S. The van der Waals surface area contributed by atoms with Gasteiger partial charge in [-0.2, -0.15) is 4.31 Å². The zero-order valence-corrected chi connectivity index (χ0v) is 15.3. The molecule has 1 atom stereocenters. The second kappa shape index (κ2) is 7.98. The van der Waals surface area contributed by atoms with Gasteiger partial charge in [-0.1, -0.05) is 12.1 Å². The minimum atomic E-state index is -3.33. The fraction of sp³-hybridized carbons (Fsp3) is 0.588. The maximum absolute atomic E-state index is 12.2. The third-order valence-electron chi connectivity index (χ3n) is 3.94. The van der Waals surface area contributed by atoms with E-state index in [-0.39, 0.29) is 12.0 Å². The van der Waals surface area contributed by atoms with Crippen molar-refractivity contribution < 1.29 is 17.9 Å². The van der Waals surface area contributed by atoms with Crippen LogP contribution >= 0.6 is 0 Å². The summed E-state index contributed by atoms with van der Waals surface area (Å²) in [6, 6.07) is 7.21. The zero-order valence-electron chi connectivity index (χ0n) is 14.5. The average Bonchev–Trinajstić information content (AvgIpc) is 2.98. The minimum Gasteiger partial charge on any atom is -0.491 e. The van der Waals surface area contributed by atoms with Crippen molar-refractivity contribution in [2.75, 3.05) is 19.3 Å². The van der Waals surface area contributed by atoms with E-state index in [0.717, 1.165) is 24.0 Å². The van der Waals surface area contributed by atoms with E-state index in [4.69, 9.17) is 4.74 Å². The molecule has 1 fully saturated rings. The summed E-state index contributed by atoms with van der Waals surface area (Å²) in [5, 5.41) is 2.85. The van der Waals surface area contributed by atoms with E-state index in [1.165, 1.54) is 4.31 Å². The first kappa shape index (κ1) is 18.7. The summed E-state index contributed by atoms with van der Waals surface area (Å²) < 4.78 is 30.3. The van der Waals surface area contributed by atoms with Crippen molar-refractivity contribution >= 4 is 15.9 Å². The van der Waals surface area contributed by atoms with Crippen molar-refractivity contribution in [2.45, 2.75) is 45.3 Å². The first-order valence-corrected chi connectivity index (χ1v) is 10.1. The Kier molecular flexibility index (Phi) is 6.23. The minimum absolute atomic E-state index is 0.138. The number of hydrogen-bond donors (Lipinski definition) is 1. The number of hydrogen-bond acceptors (Lipinski definition) is 4. The first-order chi connectivity index (χ1) is 11.3. The summed E-state index contributed by atoms with van der Waals surface area (Å²) in [5.74, 6) is 0.616. The van der Waals surface area contributed by atoms with Crippen molar-refractivity contribution in [2.24, 2.45) is 0 Å². The Morgan fingerprint density at radius 2 is 2.00 bits per heavy atom. The van der Waals surface area contributed by atoms with Gasteiger partial charge < -0.3 is 10.1 Å². The average molecular weight is 354 g/mol.